The number of nitrogens with two attached hydrogens (primary N) is 1. The van der Waals surface area contributed by atoms with Crippen LogP contribution in [-0.2, 0) is 182 Å². The van der Waals surface area contributed by atoms with Crippen LogP contribution in [0.3, 0.4) is 0 Å². The zero-order chi connectivity index (χ0) is 97.2. The molecule has 0 aliphatic carbocycles. The highest BCUT2D eigenvalue weighted by Crippen LogP contribution is 2.40. The number of carboxylic acid groups (broad SMARTS) is 1. The van der Waals surface area contributed by atoms with Crippen LogP contribution < -0.4 is 32.3 Å². The number of carbonyl (C=O) groups excluding carboxylic acids is 5. The lowest BCUT2D eigenvalue weighted by Crippen LogP contribution is -2.68. The van der Waals surface area contributed by atoms with Crippen molar-refractivity contribution in [3.8, 4) is 0 Å². The van der Waals surface area contributed by atoms with E-state index in [0.29, 0.717) is 103 Å². The summed E-state index contributed by atoms with van der Waals surface area (Å²) in [5.74, 6) is -4.11. The highest BCUT2D eigenvalue weighted by atomic mass is 16.8. The molecule has 0 bridgehead atoms. The molecule has 5 amide bonds. The van der Waals surface area contributed by atoms with Crippen molar-refractivity contribution in [3.05, 3.63) is 65.7 Å². The SMILES string of the molecule is CCCNC(=O)[C@H](Cc1ccccc1)NC(=O)[C@H](CC(=O)O)NC(=O)CCC(=O)Nc1ccc(C(=N)N)cc1.COCCOCCOCCOCC(=O)NCCOCCOCCOCCO[C@H]1[C@H](OC)[C@@H](OC)[C@@H](O[C@H]2[C@H](OC)[C@@H](OC)[C@H](O[C@H]3[C@H](OC)[C@@H](OC)[C@@H](O[C@H]4[C@H](OC)[C@@H](OC)[C@H](O[C@H]5[C@H](OC)[C@@H](OC)[C@@H](OC)O[C@@H]5COC)O[C@H]4C)O[C@@H]3COC)O[C@@H]2C)O[C@@H]1COC. The van der Waals surface area contributed by atoms with Gasteiger partial charge in [0.2, 0.25) is 29.5 Å². The molecule has 2 aromatic rings. The molecule has 133 heavy (non-hydrogen) atoms. The minimum atomic E-state index is -1.45. The Bertz CT molecular complexity index is 3550. The van der Waals surface area contributed by atoms with Gasteiger partial charge in [0, 0.05) is 150 Å². The fourth-order valence-electron chi connectivity index (χ4n) is 15.6. The summed E-state index contributed by atoms with van der Waals surface area (Å²) >= 11 is 0. The molecule has 5 saturated heterocycles. The lowest BCUT2D eigenvalue weighted by Gasteiger charge is -2.52. The summed E-state index contributed by atoms with van der Waals surface area (Å²) in [6.45, 7) is 11.2. The van der Waals surface area contributed by atoms with E-state index in [1.54, 1.807) is 105 Å². The van der Waals surface area contributed by atoms with Gasteiger partial charge in [-0.05, 0) is 50.1 Å². The first-order valence-corrected chi connectivity index (χ1v) is 44.3. The number of ether oxygens (including phenoxy) is 31. The van der Waals surface area contributed by atoms with Crippen molar-refractivity contribution < 1.29 is 181 Å². The van der Waals surface area contributed by atoms with Crippen molar-refractivity contribution >= 4 is 47.0 Å². The molecule has 45 nitrogen and oxygen atoms in total. The summed E-state index contributed by atoms with van der Waals surface area (Å²) in [7, 11) is 23.2. The maximum absolute atomic E-state index is 13.0. The molecule has 27 atom stereocenters. The number of methoxy groups -OCH3 is 15. The van der Waals surface area contributed by atoms with Crippen molar-refractivity contribution in [2.75, 3.05) is 237 Å². The Labute approximate surface area is 778 Å². The molecule has 7 rings (SSSR count). The highest BCUT2D eigenvalue weighted by Gasteiger charge is 2.59. The first-order valence-electron chi connectivity index (χ1n) is 44.3. The van der Waals surface area contributed by atoms with Crippen LogP contribution in [0.15, 0.2) is 54.6 Å². The zero-order valence-corrected chi connectivity index (χ0v) is 79.9. The number of aliphatic carboxylic acids is 1. The average molecular weight is 1910 g/mol. The van der Waals surface area contributed by atoms with Gasteiger partial charge in [-0.15, -0.1) is 0 Å². The van der Waals surface area contributed by atoms with E-state index in [2.05, 4.69) is 26.6 Å². The van der Waals surface area contributed by atoms with Gasteiger partial charge < -0.3 is 184 Å². The van der Waals surface area contributed by atoms with E-state index < -0.39 is 202 Å². The van der Waals surface area contributed by atoms with Gasteiger partial charge in [0.15, 0.2) is 31.5 Å². The largest absolute Gasteiger partial charge is 0.481 e. The Morgan fingerprint density at radius 1 is 0.391 bits per heavy atom. The summed E-state index contributed by atoms with van der Waals surface area (Å²) in [6.07, 6.45) is -20.8. The van der Waals surface area contributed by atoms with Crippen LogP contribution in [0.5, 0.6) is 0 Å². The monoisotopic (exact) mass is 1910 g/mol. The van der Waals surface area contributed by atoms with Crippen LogP contribution in [0.1, 0.15) is 57.6 Å². The Morgan fingerprint density at radius 2 is 0.789 bits per heavy atom. The molecule has 0 saturated carbocycles. The van der Waals surface area contributed by atoms with Gasteiger partial charge >= 0.3 is 5.97 Å². The first-order chi connectivity index (χ1) is 64.4. The van der Waals surface area contributed by atoms with Crippen LogP contribution in [0.2, 0.25) is 0 Å². The van der Waals surface area contributed by atoms with Gasteiger partial charge in [0.25, 0.3) is 0 Å². The number of carbonyl (C=O) groups is 6. The molecule has 0 spiro atoms. The number of amides is 5. The molecular formula is C88H147N7O38. The molecule has 0 aromatic heterocycles. The van der Waals surface area contributed by atoms with Crippen molar-refractivity contribution in [1.82, 2.24) is 21.3 Å². The number of nitrogens with one attached hydrogen (secondary N) is 6. The molecule has 5 aliphatic rings. The third kappa shape index (κ3) is 37.0. The number of hydrogen-bond donors (Lipinski definition) is 8. The van der Waals surface area contributed by atoms with Crippen molar-refractivity contribution in [3.63, 3.8) is 0 Å². The quantitative estimate of drug-likeness (QED) is 0.0247. The normalized spacial score (nSPS) is 29.3. The van der Waals surface area contributed by atoms with E-state index in [1.807, 2.05) is 26.8 Å². The summed E-state index contributed by atoms with van der Waals surface area (Å²) < 4.78 is 188. The number of rotatable bonds is 64. The molecule has 0 unspecified atom stereocenters. The van der Waals surface area contributed by atoms with Crippen LogP contribution in [-0.4, -0.2) is 444 Å². The number of nitrogen functional groups attached to an aromatic ring is 1. The van der Waals surface area contributed by atoms with Crippen LogP contribution in [0, 0.1) is 5.41 Å². The summed E-state index contributed by atoms with van der Waals surface area (Å²) in [6, 6.07) is 12.8. The van der Waals surface area contributed by atoms with Gasteiger partial charge in [-0.3, -0.25) is 34.2 Å². The standard InChI is InChI=1S/C61H113NO32.C27H34N6O6/c1-36-42(91-60-55(76-15)49(70-9)44(38(89-60)32-65-4)85-31-30-83-27-26-81-23-22-79-19-18-62-41(63)35-84-29-28-82-25-24-80-21-20-64-3)47(68-7)54(75-14)59(87-36)94-46-40(34-67-6)90-61(56(77-16)51(46)72-11)92-43-37(2)86-58(53(74-13)48(43)69-8)93-45-39(33-66-5)88-57(78-17)52(73-12)50(45)71-10;1-2-14-30-26(38)20(15-17-6-4-3-5-7-17)33-27(39)21(16-24(36)37)32-23(35)13-12-22(34)31-19-10-8-18(9-11-19)25(28)29/h36-40,42-61H,18-35H2,1-17H3,(H,62,63);3-11,20-21H,2,12-16H2,1H3,(H3,28,29)(H,30,38)(H,31,34)(H,32,35)(H,33,39)(H,36,37)/t36-,37+,38-,39-,40-,42-,43-,44-,45-,46-,47+,48+,49+,50+,51+,52-,53-,54-,55-,56-,57+,58+,59+,60-,61-;20-,21-/m10/s1. The number of carboxylic acids is 1. The van der Waals surface area contributed by atoms with Gasteiger partial charge in [0.05, 0.1) is 124 Å². The molecule has 5 heterocycles. The highest BCUT2D eigenvalue weighted by molar-refractivity contribution is 5.98. The van der Waals surface area contributed by atoms with E-state index in [4.69, 9.17) is 158 Å². The minimum Gasteiger partial charge on any atom is -0.481 e. The van der Waals surface area contributed by atoms with Crippen LogP contribution in [0.4, 0.5) is 5.69 Å². The molecular weight excluding hydrogens is 1760 g/mol. The lowest BCUT2D eigenvalue weighted by atomic mass is 9.95. The van der Waals surface area contributed by atoms with Crippen molar-refractivity contribution in [1.29, 1.82) is 5.41 Å². The van der Waals surface area contributed by atoms with Crippen LogP contribution in [0.25, 0.3) is 0 Å². The number of amidine groups is 1. The predicted octanol–water partition coefficient (Wildman–Crippen LogP) is 0.0771. The van der Waals surface area contributed by atoms with Gasteiger partial charge in [-0.2, -0.15) is 0 Å². The number of benzene rings is 2. The summed E-state index contributed by atoms with van der Waals surface area (Å²) in [5, 5.41) is 29.7. The van der Waals surface area contributed by atoms with Gasteiger partial charge in [-0.1, -0.05) is 37.3 Å². The average Bonchev–Trinajstić information content (AvgIpc) is 0.749. The minimum absolute atomic E-state index is 0.0292. The smallest absolute Gasteiger partial charge is 0.305 e. The van der Waals surface area contributed by atoms with Crippen molar-refractivity contribution in [2.45, 2.75) is 218 Å². The predicted molar refractivity (Wildman–Crippen MR) is 469 cm³/mol. The third-order valence-corrected chi connectivity index (χ3v) is 22.2. The molecule has 762 valence electrons. The maximum Gasteiger partial charge on any atom is 0.305 e. The fraction of sp³-hybridized carbons (Fsp3) is 0.784. The van der Waals surface area contributed by atoms with Gasteiger partial charge in [0.1, 0.15) is 134 Å². The van der Waals surface area contributed by atoms with E-state index in [9.17, 15) is 33.9 Å². The van der Waals surface area contributed by atoms with E-state index in [-0.39, 0.29) is 70.6 Å². The second-order valence-electron chi connectivity index (χ2n) is 31.1. The molecule has 45 heteroatoms. The Kier molecular flexibility index (Phi) is 56.0. The number of hydrogen-bond acceptors (Lipinski definition) is 38. The second kappa shape index (κ2) is 64.6. The second-order valence-corrected chi connectivity index (χ2v) is 31.1. The van der Waals surface area contributed by atoms with E-state index >= 15 is 0 Å². The summed E-state index contributed by atoms with van der Waals surface area (Å²) in [4.78, 5) is 73.8. The topological polar surface area (TPSA) is 519 Å². The molecule has 5 aliphatic heterocycles. The number of anilines is 1. The maximum atomic E-state index is 13.0. The molecule has 0 radical (unpaired) electrons. The molecule has 9 N–H and O–H groups in total. The third-order valence-electron chi connectivity index (χ3n) is 22.2. The lowest BCUT2D eigenvalue weighted by molar-refractivity contribution is -0.396. The van der Waals surface area contributed by atoms with Crippen molar-refractivity contribution in [2.24, 2.45) is 5.73 Å². The Hall–Kier alpha value is -6.51. The van der Waals surface area contributed by atoms with Gasteiger partial charge in [-0.25, -0.2) is 0 Å². The molecule has 2 aromatic carbocycles. The van der Waals surface area contributed by atoms with Crippen LogP contribution >= 0.6 is 0 Å². The first kappa shape index (κ1) is 115. The Morgan fingerprint density at radius 3 is 1.23 bits per heavy atom. The Balaban J connectivity index is 0.000000579. The molecule has 5 fully saturated rings. The zero-order valence-electron chi connectivity index (χ0n) is 79.9. The fourth-order valence-corrected chi connectivity index (χ4v) is 15.6. The van der Waals surface area contributed by atoms with E-state index in [0.717, 1.165) is 5.56 Å². The summed E-state index contributed by atoms with van der Waals surface area (Å²) in [5.41, 5.74) is 7.12. The van der Waals surface area contributed by atoms with E-state index in [1.165, 1.54) is 49.8 Å².